The van der Waals surface area contributed by atoms with E-state index >= 15 is 0 Å². The van der Waals surface area contributed by atoms with Gasteiger partial charge in [-0.25, -0.2) is 0 Å². The number of nitrogens with one attached hydrogen (secondary N) is 1. The van der Waals surface area contributed by atoms with Crippen molar-refractivity contribution < 1.29 is 9.90 Å². The van der Waals surface area contributed by atoms with E-state index in [0.717, 1.165) is 16.2 Å². The molecule has 1 aromatic heterocycles. The van der Waals surface area contributed by atoms with Crippen LogP contribution in [-0.2, 0) is 0 Å². The Kier molecular flexibility index (Phi) is 3.82. The number of aromatic nitrogens is 1. The first-order chi connectivity index (χ1) is 8.78. The molecule has 1 aliphatic heterocycles. The van der Waals surface area contributed by atoms with Crippen molar-refractivity contribution in [2.75, 3.05) is 13.1 Å². The van der Waals surface area contributed by atoms with Crippen LogP contribution in [0, 0.1) is 12.3 Å². The summed E-state index contributed by atoms with van der Waals surface area (Å²) in [6.07, 6.45) is 0.911. The van der Waals surface area contributed by atoms with Gasteiger partial charge in [-0.1, -0.05) is 25.2 Å². The molecule has 2 heterocycles. The first-order valence-electron chi connectivity index (χ1n) is 6.45. The molecule has 0 radical (unpaired) electrons. The van der Waals surface area contributed by atoms with Crippen LogP contribution in [0.1, 0.15) is 42.1 Å². The highest BCUT2D eigenvalue weighted by Crippen LogP contribution is 2.29. The fourth-order valence-corrected chi connectivity index (χ4v) is 3.32. The summed E-state index contributed by atoms with van der Waals surface area (Å²) in [5, 5.41) is 9.86. The van der Waals surface area contributed by atoms with Gasteiger partial charge in [0.05, 0.1) is 6.10 Å². The van der Waals surface area contributed by atoms with Gasteiger partial charge in [-0.3, -0.25) is 9.59 Å². The van der Waals surface area contributed by atoms with Crippen LogP contribution < -0.4 is 4.87 Å². The fraction of sp³-hybridized carbons (Fsp3) is 0.692. The number of amides is 1. The molecule has 1 aromatic rings. The fourth-order valence-electron chi connectivity index (χ4n) is 2.65. The third kappa shape index (κ3) is 3.25. The van der Waals surface area contributed by atoms with E-state index < -0.39 is 0 Å². The minimum Gasteiger partial charge on any atom is -0.393 e. The highest BCUT2D eigenvalue weighted by Gasteiger charge is 2.32. The number of aromatic amines is 1. The second-order valence-corrected chi connectivity index (χ2v) is 7.17. The first-order valence-corrected chi connectivity index (χ1v) is 7.27. The largest absolute Gasteiger partial charge is 0.393 e. The zero-order valence-electron chi connectivity index (χ0n) is 11.5. The number of carbonyl (C=O) groups is 1. The van der Waals surface area contributed by atoms with Crippen molar-refractivity contribution in [1.29, 1.82) is 0 Å². The number of nitrogens with zero attached hydrogens (tertiary/aromatic N) is 1. The number of carbonyl (C=O) groups excluding carboxylic acids is 1. The average Bonchev–Trinajstić information content (AvgIpc) is 2.53. The maximum Gasteiger partial charge on any atom is 0.305 e. The van der Waals surface area contributed by atoms with Gasteiger partial charge in [-0.05, 0) is 25.2 Å². The lowest BCUT2D eigenvalue weighted by Crippen LogP contribution is -2.38. The number of aliphatic hydroxyl groups is 1. The summed E-state index contributed by atoms with van der Waals surface area (Å²) in [7, 11) is 0. The van der Waals surface area contributed by atoms with E-state index in [0.29, 0.717) is 31.6 Å². The summed E-state index contributed by atoms with van der Waals surface area (Å²) in [6.45, 7) is 6.99. The number of hydrogen-bond donors (Lipinski definition) is 2. The van der Waals surface area contributed by atoms with Gasteiger partial charge < -0.3 is 15.0 Å². The van der Waals surface area contributed by atoms with Crippen LogP contribution in [0.25, 0.3) is 0 Å². The standard InChI is InChI=1S/C13H20N2O3S/c1-8-10(14-12(18)19-8)11(17)15-5-4-9(16)6-13(2,3)7-15/h9,16H,4-7H2,1-3H3,(H,14,18). The van der Waals surface area contributed by atoms with E-state index in [4.69, 9.17) is 0 Å². The molecule has 1 amide bonds. The molecule has 0 saturated carbocycles. The van der Waals surface area contributed by atoms with E-state index in [1.54, 1.807) is 11.8 Å². The molecule has 1 unspecified atom stereocenters. The smallest absolute Gasteiger partial charge is 0.305 e. The van der Waals surface area contributed by atoms with Crippen molar-refractivity contribution in [3.63, 3.8) is 0 Å². The topological polar surface area (TPSA) is 73.4 Å². The average molecular weight is 284 g/mol. The number of thiazole rings is 1. The molecule has 1 aliphatic rings. The Morgan fingerprint density at radius 2 is 2.21 bits per heavy atom. The molecule has 0 spiro atoms. The van der Waals surface area contributed by atoms with Crippen molar-refractivity contribution in [2.45, 2.75) is 39.7 Å². The van der Waals surface area contributed by atoms with E-state index in [-0.39, 0.29) is 22.3 Å². The molecular formula is C13H20N2O3S. The maximum absolute atomic E-state index is 12.5. The molecule has 19 heavy (non-hydrogen) atoms. The lowest BCUT2D eigenvalue weighted by atomic mass is 9.87. The third-order valence-electron chi connectivity index (χ3n) is 3.47. The Balaban J connectivity index is 2.23. The number of aryl methyl sites for hydroxylation is 1. The molecular weight excluding hydrogens is 264 g/mol. The molecule has 1 atom stereocenters. The second-order valence-electron chi connectivity index (χ2n) is 5.98. The quantitative estimate of drug-likeness (QED) is 0.818. The number of H-pyrrole nitrogens is 1. The molecule has 1 saturated heterocycles. The van der Waals surface area contributed by atoms with Gasteiger partial charge in [-0.15, -0.1) is 0 Å². The van der Waals surface area contributed by atoms with Crippen LogP contribution in [0.5, 0.6) is 0 Å². The summed E-state index contributed by atoms with van der Waals surface area (Å²) in [5.41, 5.74) is 0.276. The normalized spacial score (nSPS) is 23.2. The number of aliphatic hydroxyl groups excluding tert-OH is 1. The number of likely N-dealkylation sites (tertiary alicyclic amines) is 1. The van der Waals surface area contributed by atoms with Crippen molar-refractivity contribution in [1.82, 2.24) is 9.88 Å². The van der Waals surface area contributed by atoms with Crippen LogP contribution >= 0.6 is 11.3 Å². The SMILES string of the molecule is Cc1sc(=O)[nH]c1C(=O)N1CCC(O)CC(C)(C)C1. The highest BCUT2D eigenvalue weighted by atomic mass is 32.1. The van der Waals surface area contributed by atoms with E-state index in [9.17, 15) is 14.7 Å². The van der Waals surface area contributed by atoms with Crippen molar-refractivity contribution in [2.24, 2.45) is 5.41 Å². The van der Waals surface area contributed by atoms with E-state index in [1.165, 1.54) is 0 Å². The summed E-state index contributed by atoms with van der Waals surface area (Å²) in [4.78, 5) is 28.6. The maximum atomic E-state index is 12.5. The summed E-state index contributed by atoms with van der Waals surface area (Å²) >= 11 is 1.06. The van der Waals surface area contributed by atoms with Crippen LogP contribution in [0.4, 0.5) is 0 Å². The molecule has 2 rings (SSSR count). The lowest BCUT2D eigenvalue weighted by Gasteiger charge is -2.29. The van der Waals surface area contributed by atoms with Crippen molar-refractivity contribution in [3.05, 3.63) is 20.2 Å². The Labute approximate surface area is 116 Å². The van der Waals surface area contributed by atoms with Crippen LogP contribution in [-0.4, -0.2) is 40.1 Å². The predicted molar refractivity (Wildman–Crippen MR) is 74.6 cm³/mol. The number of hydrogen-bond acceptors (Lipinski definition) is 4. The summed E-state index contributed by atoms with van der Waals surface area (Å²) < 4.78 is 0. The lowest BCUT2D eigenvalue weighted by molar-refractivity contribution is 0.0699. The molecule has 0 aliphatic carbocycles. The Bertz CT molecular complexity index is 532. The molecule has 2 N–H and O–H groups in total. The van der Waals surface area contributed by atoms with Gasteiger partial charge >= 0.3 is 4.87 Å². The third-order valence-corrected chi connectivity index (χ3v) is 4.26. The van der Waals surface area contributed by atoms with E-state index in [2.05, 4.69) is 4.98 Å². The minimum atomic E-state index is -0.365. The summed E-state index contributed by atoms with van der Waals surface area (Å²) in [5.74, 6) is -0.141. The van der Waals surface area contributed by atoms with Gasteiger partial charge in [0.1, 0.15) is 5.69 Å². The zero-order valence-corrected chi connectivity index (χ0v) is 12.3. The Morgan fingerprint density at radius 1 is 1.53 bits per heavy atom. The zero-order chi connectivity index (χ0) is 14.2. The predicted octanol–water partition coefficient (Wildman–Crippen LogP) is 1.37. The Morgan fingerprint density at radius 3 is 2.79 bits per heavy atom. The number of rotatable bonds is 1. The van der Waals surface area contributed by atoms with Gasteiger partial charge in [0, 0.05) is 18.0 Å². The van der Waals surface area contributed by atoms with Gasteiger partial charge in [0.15, 0.2) is 0 Å². The Hall–Kier alpha value is -1.14. The molecule has 0 bridgehead atoms. The molecule has 6 heteroatoms. The van der Waals surface area contributed by atoms with Crippen LogP contribution in [0.2, 0.25) is 0 Å². The molecule has 1 fully saturated rings. The minimum absolute atomic E-state index is 0.115. The van der Waals surface area contributed by atoms with Gasteiger partial charge in [0.2, 0.25) is 0 Å². The summed E-state index contributed by atoms with van der Waals surface area (Å²) in [6, 6.07) is 0. The van der Waals surface area contributed by atoms with Crippen LogP contribution in [0.3, 0.4) is 0 Å². The molecule has 5 nitrogen and oxygen atoms in total. The van der Waals surface area contributed by atoms with Crippen molar-refractivity contribution in [3.8, 4) is 0 Å². The molecule has 0 aromatic carbocycles. The second kappa shape index (κ2) is 5.09. The van der Waals surface area contributed by atoms with Gasteiger partial charge in [-0.2, -0.15) is 0 Å². The van der Waals surface area contributed by atoms with Crippen LogP contribution in [0.15, 0.2) is 4.79 Å². The van der Waals surface area contributed by atoms with Gasteiger partial charge in [0.25, 0.3) is 5.91 Å². The monoisotopic (exact) mass is 284 g/mol. The van der Waals surface area contributed by atoms with E-state index in [1.807, 2.05) is 13.8 Å². The first kappa shape index (κ1) is 14.3. The molecule has 106 valence electrons. The van der Waals surface area contributed by atoms with Crippen molar-refractivity contribution >= 4 is 17.2 Å². The highest BCUT2D eigenvalue weighted by molar-refractivity contribution is 7.09.